The first-order chi connectivity index (χ1) is 33.3. The number of carbonyl (C=O) groups is 5. The topological polar surface area (TPSA) is 202 Å². The van der Waals surface area contributed by atoms with Gasteiger partial charge in [0.1, 0.15) is 30.3 Å². The number of likely N-dealkylation sites (tertiary alicyclic amines) is 1. The minimum Gasteiger partial charge on any atom is -0.443 e. The number of benzene rings is 3. The number of nitrogens with zero attached hydrogens (tertiary/aromatic N) is 6. The number of carbonyl (C=O) groups excluding carboxylic acids is 5. The first-order valence-corrected chi connectivity index (χ1v) is 24.2. The molecule has 5 amide bonds. The summed E-state index contributed by atoms with van der Waals surface area (Å²) < 4.78 is 11.1. The fourth-order valence-corrected chi connectivity index (χ4v) is 9.70. The fraction of sp³-hybridized carbons (Fsp3) is 0.423. The molecule has 2 fully saturated rings. The molecule has 3 aromatic carbocycles. The summed E-state index contributed by atoms with van der Waals surface area (Å²) in [5.74, 6) is -0.871. The Morgan fingerprint density at radius 2 is 1.74 bits per heavy atom. The summed E-state index contributed by atoms with van der Waals surface area (Å²) in [6.45, 7) is 12.1. The van der Waals surface area contributed by atoms with E-state index in [1.165, 1.54) is 16.2 Å². The summed E-state index contributed by atoms with van der Waals surface area (Å²) >= 11 is 12.1. The van der Waals surface area contributed by atoms with Gasteiger partial charge in [0.15, 0.2) is 17.3 Å². The van der Waals surface area contributed by atoms with E-state index in [1.54, 1.807) is 18.2 Å². The number of aryl methyl sites for hydroxylation is 1. The molecular formula is C52H59ClN8O8S. The van der Waals surface area contributed by atoms with Gasteiger partial charge >= 0.3 is 0 Å². The number of oxazole rings is 1. The van der Waals surface area contributed by atoms with Crippen LogP contribution in [0.15, 0.2) is 83.6 Å². The summed E-state index contributed by atoms with van der Waals surface area (Å²) in [6.07, 6.45) is 4.75. The molecule has 0 spiro atoms. The van der Waals surface area contributed by atoms with E-state index in [0.717, 1.165) is 33.6 Å². The average molecular weight is 992 g/mol. The molecule has 0 radical (unpaired) electrons. The maximum atomic E-state index is 14.0. The van der Waals surface area contributed by atoms with E-state index in [2.05, 4.69) is 21.7 Å². The van der Waals surface area contributed by atoms with E-state index in [-0.39, 0.29) is 49.6 Å². The Bertz CT molecular complexity index is 2710. The minimum absolute atomic E-state index is 0.0317. The van der Waals surface area contributed by atoms with Gasteiger partial charge in [-0.3, -0.25) is 28.9 Å². The van der Waals surface area contributed by atoms with Gasteiger partial charge in [0.2, 0.25) is 23.6 Å². The van der Waals surface area contributed by atoms with Gasteiger partial charge < -0.3 is 39.6 Å². The van der Waals surface area contributed by atoms with E-state index < -0.39 is 46.9 Å². The van der Waals surface area contributed by atoms with Crippen LogP contribution in [0.3, 0.4) is 0 Å². The molecule has 16 nitrogen and oxygen atoms in total. The summed E-state index contributed by atoms with van der Waals surface area (Å²) in [5.41, 5.74) is 4.44. The maximum Gasteiger partial charge on any atom is 0.259 e. The molecule has 70 heavy (non-hydrogen) atoms. The van der Waals surface area contributed by atoms with Crippen molar-refractivity contribution in [1.82, 2.24) is 25.4 Å². The molecule has 3 atom stereocenters. The van der Waals surface area contributed by atoms with Crippen LogP contribution in [0.5, 0.6) is 0 Å². The number of thiocarbonyl (C=S) groups is 1. The van der Waals surface area contributed by atoms with Gasteiger partial charge in [0, 0.05) is 56.9 Å². The molecule has 3 N–H and O–H groups in total. The third kappa shape index (κ3) is 11.4. The predicted molar refractivity (Wildman–Crippen MR) is 269 cm³/mol. The molecule has 2 saturated heterocycles. The number of halogens is 1. The lowest BCUT2D eigenvalue weighted by molar-refractivity contribution is -0.144. The number of unbranched alkanes of at least 4 members (excludes halogenated alkanes) is 1. The van der Waals surface area contributed by atoms with Crippen molar-refractivity contribution in [3.05, 3.63) is 107 Å². The Hall–Kier alpha value is -6.45. The second-order valence-corrected chi connectivity index (χ2v) is 20.2. The number of aliphatic hydroxyl groups excluding tert-OH is 1. The fourth-order valence-electron chi connectivity index (χ4n) is 8.96. The summed E-state index contributed by atoms with van der Waals surface area (Å²) in [4.78, 5) is 77.9. The van der Waals surface area contributed by atoms with Crippen molar-refractivity contribution in [2.75, 3.05) is 42.6 Å². The van der Waals surface area contributed by atoms with Crippen molar-refractivity contribution in [2.24, 2.45) is 5.41 Å². The van der Waals surface area contributed by atoms with Crippen molar-refractivity contribution in [3.63, 3.8) is 0 Å². The number of rotatable bonds is 16. The van der Waals surface area contributed by atoms with E-state index >= 15 is 0 Å². The molecule has 4 heterocycles. The number of aliphatic hydroxyl groups is 1. The molecule has 3 aliphatic rings. The van der Waals surface area contributed by atoms with Crippen LogP contribution in [0.25, 0.3) is 16.9 Å². The largest absolute Gasteiger partial charge is 0.443 e. The van der Waals surface area contributed by atoms with Gasteiger partial charge in [-0.2, -0.15) is 5.26 Å². The number of hydrogen-bond acceptors (Lipinski definition) is 11. The Kier molecular flexibility index (Phi) is 15.9. The molecular weight excluding hydrogens is 932 g/mol. The number of β-amino-alcohol motifs (C(OH)–C–C–N with tert-alkyl or cyclic N) is 1. The second kappa shape index (κ2) is 21.7. The lowest BCUT2D eigenvalue weighted by Gasteiger charge is -2.35. The molecule has 0 unspecified atom stereocenters. The lowest BCUT2D eigenvalue weighted by atomic mass is 9.85. The van der Waals surface area contributed by atoms with Gasteiger partial charge in [-0.15, -0.1) is 0 Å². The predicted octanol–water partition coefficient (Wildman–Crippen LogP) is 6.70. The summed E-state index contributed by atoms with van der Waals surface area (Å²) in [5, 5.41) is 26.1. The number of ether oxygens (including phenoxy) is 1. The molecule has 0 bridgehead atoms. The SMILES string of the molecule is Cc1ncoc1-c1ccc(CNC(=O)[C@@H]2C[C@@H](O)CN2C(=O)[C@@H](NC(=O)COCCCCC(=O)N2CC=C(c3ccc(N4C(=S)N(c5ccc(C#N)c(Cl)c5)C(=O)C4(C)C)cc3)CC2)C(C)(C)C)cc1. The zero-order valence-corrected chi connectivity index (χ0v) is 41.9. The van der Waals surface area contributed by atoms with Crippen LogP contribution in [0.2, 0.25) is 5.02 Å². The van der Waals surface area contributed by atoms with Crippen molar-refractivity contribution >= 4 is 75.4 Å². The van der Waals surface area contributed by atoms with Crippen molar-refractivity contribution in [1.29, 1.82) is 5.26 Å². The molecule has 18 heteroatoms. The second-order valence-electron chi connectivity index (χ2n) is 19.4. The first kappa shape index (κ1) is 51.4. The maximum absolute atomic E-state index is 14.0. The van der Waals surface area contributed by atoms with Crippen LogP contribution in [0, 0.1) is 23.7 Å². The third-order valence-corrected chi connectivity index (χ3v) is 13.6. The Labute approximate surface area is 418 Å². The summed E-state index contributed by atoms with van der Waals surface area (Å²) in [6, 6.07) is 20.3. The highest BCUT2D eigenvalue weighted by Crippen LogP contribution is 2.38. The number of amides is 5. The zero-order valence-electron chi connectivity index (χ0n) is 40.3. The number of anilines is 2. The Morgan fingerprint density at radius 3 is 2.37 bits per heavy atom. The molecule has 4 aromatic rings. The number of nitrogens with one attached hydrogen (secondary N) is 2. The molecule has 368 valence electrons. The quantitative estimate of drug-likeness (QED) is 0.0794. The smallest absolute Gasteiger partial charge is 0.259 e. The van der Waals surface area contributed by atoms with Crippen LogP contribution in [0.4, 0.5) is 11.4 Å². The normalized spacial score (nSPS) is 18.4. The Morgan fingerprint density at radius 1 is 1.04 bits per heavy atom. The van der Waals surface area contributed by atoms with Crippen molar-refractivity contribution in [3.8, 4) is 17.4 Å². The highest BCUT2D eigenvalue weighted by Gasteiger charge is 2.50. The molecule has 3 aliphatic heterocycles. The first-order valence-electron chi connectivity index (χ1n) is 23.4. The van der Waals surface area contributed by atoms with Crippen LogP contribution >= 0.6 is 23.8 Å². The highest BCUT2D eigenvalue weighted by atomic mass is 35.5. The van der Waals surface area contributed by atoms with E-state index in [9.17, 15) is 34.3 Å². The average Bonchev–Trinajstić information content (AvgIpc) is 4.00. The third-order valence-electron chi connectivity index (χ3n) is 12.9. The zero-order chi connectivity index (χ0) is 50.5. The van der Waals surface area contributed by atoms with Gasteiger partial charge in [-0.05, 0) is 105 Å². The number of nitriles is 1. The minimum atomic E-state index is -0.991. The Balaban J connectivity index is 0.829. The van der Waals surface area contributed by atoms with Gasteiger partial charge in [0.25, 0.3) is 5.91 Å². The molecule has 0 saturated carbocycles. The van der Waals surface area contributed by atoms with E-state index in [4.69, 9.17) is 33.0 Å². The number of hydrogen-bond donors (Lipinski definition) is 3. The standard InChI is InChI=1S/C52H59ClN8O8S/c1-32-45(69-31-56-32)36-12-10-33(11-13-36)28-55-47(65)42-26-40(62)29-59(42)48(66)46(51(2,3)4)57-43(63)30-68-24-8-7-9-44(64)58-22-20-35(21-23-58)34-14-17-38(18-15-34)61-50(70)60(49(67)52(61,5)6)39-19-16-37(27-54)41(53)25-39/h10-20,25,31,40,42,46,62H,7-9,21-24,26,28-30H2,1-6H3,(H,55,65)(H,57,63)/t40-,42+,46-/m1/s1. The van der Waals surface area contributed by atoms with Crippen LogP contribution in [-0.2, 0) is 35.3 Å². The van der Waals surface area contributed by atoms with Crippen molar-refractivity contribution < 1.29 is 38.2 Å². The molecule has 7 rings (SSSR count). The molecule has 1 aromatic heterocycles. The monoisotopic (exact) mass is 990 g/mol. The molecule has 0 aliphatic carbocycles. The van der Waals surface area contributed by atoms with E-state index in [0.29, 0.717) is 60.9 Å². The lowest BCUT2D eigenvalue weighted by Crippen LogP contribution is -2.58. The van der Waals surface area contributed by atoms with Gasteiger partial charge in [-0.1, -0.05) is 74.8 Å². The van der Waals surface area contributed by atoms with Gasteiger partial charge in [-0.25, -0.2) is 4.98 Å². The highest BCUT2D eigenvalue weighted by molar-refractivity contribution is 7.81. The van der Waals surface area contributed by atoms with E-state index in [1.807, 2.05) is 106 Å². The van der Waals surface area contributed by atoms with Crippen LogP contribution in [-0.4, -0.2) is 111 Å². The van der Waals surface area contributed by atoms with Crippen molar-refractivity contribution in [2.45, 2.75) is 104 Å². The number of aromatic nitrogens is 1. The summed E-state index contributed by atoms with van der Waals surface area (Å²) in [7, 11) is 0. The van der Waals surface area contributed by atoms with Gasteiger partial charge in [0.05, 0.1) is 28.1 Å². The van der Waals surface area contributed by atoms with Crippen LogP contribution < -0.4 is 20.4 Å². The van der Waals surface area contributed by atoms with Crippen LogP contribution in [0.1, 0.15) is 89.1 Å².